The normalized spacial score (nSPS) is 11.0. The SMILES string of the molecule is CCc1ccc(C(=O)CSc2cc(C)c3cccc(C)c3n2)cc1. The highest BCUT2D eigenvalue weighted by molar-refractivity contribution is 7.99. The van der Waals surface area contributed by atoms with E-state index >= 15 is 0 Å². The first-order valence-electron chi connectivity index (χ1n) is 8.20. The molecule has 0 aliphatic rings. The summed E-state index contributed by atoms with van der Waals surface area (Å²) in [5, 5.41) is 2.09. The highest BCUT2D eigenvalue weighted by Crippen LogP contribution is 2.26. The predicted molar refractivity (Wildman–Crippen MR) is 102 cm³/mol. The van der Waals surface area contributed by atoms with Gasteiger partial charge in [-0.05, 0) is 43.0 Å². The Balaban J connectivity index is 1.77. The van der Waals surface area contributed by atoms with Gasteiger partial charge in [0, 0.05) is 10.9 Å². The van der Waals surface area contributed by atoms with Crippen LogP contribution in [-0.4, -0.2) is 16.5 Å². The molecule has 0 atom stereocenters. The fourth-order valence-corrected chi connectivity index (χ4v) is 3.62. The molecule has 2 aromatic carbocycles. The van der Waals surface area contributed by atoms with E-state index in [9.17, 15) is 4.79 Å². The quantitative estimate of drug-likeness (QED) is 0.462. The number of aryl methyl sites for hydroxylation is 3. The highest BCUT2D eigenvalue weighted by Gasteiger charge is 2.10. The molecule has 0 amide bonds. The summed E-state index contributed by atoms with van der Waals surface area (Å²) < 4.78 is 0. The van der Waals surface area contributed by atoms with Crippen LogP contribution in [0.25, 0.3) is 10.9 Å². The van der Waals surface area contributed by atoms with E-state index in [-0.39, 0.29) is 5.78 Å². The number of carbonyl (C=O) groups excluding carboxylic acids is 1. The van der Waals surface area contributed by atoms with Gasteiger partial charge in [-0.15, -0.1) is 0 Å². The minimum atomic E-state index is 0.145. The Labute approximate surface area is 147 Å². The third-order valence-electron chi connectivity index (χ3n) is 4.26. The molecule has 3 aromatic rings. The van der Waals surface area contributed by atoms with E-state index in [0.717, 1.165) is 22.5 Å². The summed E-state index contributed by atoms with van der Waals surface area (Å²) in [5.74, 6) is 0.557. The number of hydrogen-bond donors (Lipinski definition) is 0. The molecule has 0 radical (unpaired) electrons. The van der Waals surface area contributed by atoms with Gasteiger partial charge in [0.15, 0.2) is 5.78 Å². The molecule has 0 fully saturated rings. The van der Waals surface area contributed by atoms with Gasteiger partial charge in [-0.25, -0.2) is 4.98 Å². The van der Waals surface area contributed by atoms with Crippen molar-refractivity contribution in [3.63, 3.8) is 0 Å². The topological polar surface area (TPSA) is 30.0 Å². The summed E-state index contributed by atoms with van der Waals surface area (Å²) in [6.45, 7) is 6.28. The number of nitrogens with zero attached hydrogens (tertiary/aromatic N) is 1. The van der Waals surface area contributed by atoms with Gasteiger partial charge in [-0.3, -0.25) is 4.79 Å². The standard InChI is InChI=1S/C21H21NOS/c1-4-16-8-10-17(11-9-16)19(23)13-24-20-12-15(3)18-7-5-6-14(2)21(18)22-20/h5-12H,4,13H2,1-3H3. The van der Waals surface area contributed by atoms with Crippen LogP contribution >= 0.6 is 11.8 Å². The Morgan fingerprint density at radius 2 is 1.79 bits per heavy atom. The second kappa shape index (κ2) is 7.18. The maximum absolute atomic E-state index is 12.4. The lowest BCUT2D eigenvalue weighted by atomic mass is 10.1. The van der Waals surface area contributed by atoms with Gasteiger partial charge in [0.25, 0.3) is 0 Å². The van der Waals surface area contributed by atoms with Gasteiger partial charge in [0.2, 0.25) is 0 Å². The van der Waals surface area contributed by atoms with E-state index in [4.69, 9.17) is 4.98 Å². The van der Waals surface area contributed by atoms with Crippen LogP contribution in [-0.2, 0) is 6.42 Å². The number of para-hydroxylation sites is 1. The van der Waals surface area contributed by atoms with Crippen molar-refractivity contribution >= 4 is 28.4 Å². The van der Waals surface area contributed by atoms with E-state index in [0.29, 0.717) is 5.75 Å². The maximum Gasteiger partial charge on any atom is 0.173 e. The number of thioether (sulfide) groups is 1. The summed E-state index contributed by atoms with van der Waals surface area (Å²) in [7, 11) is 0. The van der Waals surface area contributed by atoms with E-state index in [1.807, 2.05) is 24.3 Å². The van der Waals surface area contributed by atoms with Crippen molar-refractivity contribution in [3.8, 4) is 0 Å². The summed E-state index contributed by atoms with van der Waals surface area (Å²) in [6.07, 6.45) is 0.989. The van der Waals surface area contributed by atoms with Crippen LogP contribution < -0.4 is 0 Å². The number of benzene rings is 2. The number of ketones is 1. The lowest BCUT2D eigenvalue weighted by molar-refractivity contribution is 0.102. The zero-order valence-corrected chi connectivity index (χ0v) is 15.1. The summed E-state index contributed by atoms with van der Waals surface area (Å²) in [5.41, 5.74) is 5.42. The second-order valence-corrected chi connectivity index (χ2v) is 7.01. The van der Waals surface area contributed by atoms with Crippen LogP contribution in [0.3, 0.4) is 0 Å². The van der Waals surface area contributed by atoms with Gasteiger partial charge in [0.1, 0.15) is 0 Å². The van der Waals surface area contributed by atoms with Crippen molar-refractivity contribution in [2.45, 2.75) is 32.2 Å². The summed E-state index contributed by atoms with van der Waals surface area (Å²) in [6, 6.07) is 16.2. The summed E-state index contributed by atoms with van der Waals surface area (Å²) in [4.78, 5) is 17.1. The molecule has 1 heterocycles. The van der Waals surface area contributed by atoms with Crippen molar-refractivity contribution in [1.29, 1.82) is 0 Å². The Bertz CT molecular complexity index is 884. The third-order valence-corrected chi connectivity index (χ3v) is 5.17. The zero-order valence-electron chi connectivity index (χ0n) is 14.3. The Morgan fingerprint density at radius 3 is 2.50 bits per heavy atom. The van der Waals surface area contributed by atoms with Crippen LogP contribution in [0.15, 0.2) is 53.6 Å². The number of fused-ring (bicyclic) bond motifs is 1. The van der Waals surface area contributed by atoms with Crippen LogP contribution in [0.1, 0.15) is 34.0 Å². The van der Waals surface area contributed by atoms with E-state index in [1.165, 1.54) is 33.8 Å². The fraction of sp³-hybridized carbons (Fsp3) is 0.238. The first kappa shape index (κ1) is 16.7. The molecule has 0 bridgehead atoms. The van der Waals surface area contributed by atoms with E-state index in [1.54, 1.807) is 0 Å². The van der Waals surface area contributed by atoms with Crippen molar-refractivity contribution in [2.24, 2.45) is 0 Å². The number of rotatable bonds is 5. The molecule has 3 rings (SSSR count). The first-order valence-corrected chi connectivity index (χ1v) is 9.19. The average Bonchev–Trinajstić information content (AvgIpc) is 2.60. The molecular weight excluding hydrogens is 314 g/mol. The molecule has 2 nitrogen and oxygen atoms in total. The molecule has 0 unspecified atom stereocenters. The smallest absolute Gasteiger partial charge is 0.173 e. The minimum Gasteiger partial charge on any atom is -0.293 e. The average molecular weight is 335 g/mol. The Hall–Kier alpha value is -2.13. The Morgan fingerprint density at radius 1 is 1.04 bits per heavy atom. The van der Waals surface area contributed by atoms with Crippen molar-refractivity contribution in [1.82, 2.24) is 4.98 Å². The maximum atomic E-state index is 12.4. The zero-order chi connectivity index (χ0) is 17.1. The van der Waals surface area contributed by atoms with Gasteiger partial charge in [0.05, 0.1) is 16.3 Å². The summed E-state index contributed by atoms with van der Waals surface area (Å²) >= 11 is 1.51. The van der Waals surface area contributed by atoms with Crippen molar-refractivity contribution in [2.75, 3.05) is 5.75 Å². The first-order chi connectivity index (χ1) is 11.6. The highest BCUT2D eigenvalue weighted by atomic mass is 32.2. The largest absolute Gasteiger partial charge is 0.293 e. The van der Waals surface area contributed by atoms with Crippen molar-refractivity contribution in [3.05, 3.63) is 70.8 Å². The molecule has 0 spiro atoms. The third kappa shape index (κ3) is 3.51. The van der Waals surface area contributed by atoms with Gasteiger partial charge in [-0.1, -0.05) is 61.2 Å². The second-order valence-electron chi connectivity index (χ2n) is 6.01. The van der Waals surface area contributed by atoms with Crippen LogP contribution in [0.5, 0.6) is 0 Å². The van der Waals surface area contributed by atoms with Crippen LogP contribution in [0.4, 0.5) is 0 Å². The van der Waals surface area contributed by atoms with E-state index < -0.39 is 0 Å². The molecule has 0 saturated heterocycles. The molecule has 122 valence electrons. The Kier molecular flexibility index (Phi) is 5.00. The lowest BCUT2D eigenvalue weighted by Gasteiger charge is -2.08. The molecule has 0 N–H and O–H groups in total. The number of Topliss-reactive ketones (excluding diaryl/α,β-unsaturated/α-hetero) is 1. The fourth-order valence-electron chi connectivity index (χ4n) is 2.75. The monoisotopic (exact) mass is 335 g/mol. The molecule has 3 heteroatoms. The van der Waals surface area contributed by atoms with E-state index in [2.05, 4.69) is 45.0 Å². The van der Waals surface area contributed by atoms with Crippen LogP contribution in [0.2, 0.25) is 0 Å². The van der Waals surface area contributed by atoms with Gasteiger partial charge in [-0.2, -0.15) is 0 Å². The number of carbonyl (C=O) groups is 1. The number of hydrogen-bond acceptors (Lipinski definition) is 3. The van der Waals surface area contributed by atoms with Crippen molar-refractivity contribution < 1.29 is 4.79 Å². The number of pyridine rings is 1. The predicted octanol–water partition coefficient (Wildman–Crippen LogP) is 5.39. The molecule has 0 aliphatic carbocycles. The number of aromatic nitrogens is 1. The van der Waals surface area contributed by atoms with Gasteiger partial charge >= 0.3 is 0 Å². The van der Waals surface area contributed by atoms with Gasteiger partial charge < -0.3 is 0 Å². The molecule has 24 heavy (non-hydrogen) atoms. The minimum absolute atomic E-state index is 0.145. The molecule has 0 aliphatic heterocycles. The molecule has 0 saturated carbocycles. The molecule has 1 aromatic heterocycles. The molecular formula is C21H21NOS. The van der Waals surface area contributed by atoms with Crippen LogP contribution in [0, 0.1) is 13.8 Å². The lowest BCUT2D eigenvalue weighted by Crippen LogP contribution is -2.03.